The van der Waals surface area contributed by atoms with E-state index in [0.29, 0.717) is 19.6 Å². The van der Waals surface area contributed by atoms with Crippen molar-refractivity contribution in [3.05, 3.63) is 65.2 Å². The topological polar surface area (TPSA) is 64.6 Å². The summed E-state index contributed by atoms with van der Waals surface area (Å²) in [6, 6.07) is 16.6. The number of hydrogen-bond acceptors (Lipinski definition) is 4. The molecule has 176 valence electrons. The number of benzene rings is 2. The average Bonchev–Trinajstić information content (AvgIpc) is 3.20. The Hall–Kier alpha value is -2.82. The van der Waals surface area contributed by atoms with Crippen LogP contribution in [-0.2, 0) is 32.6 Å². The Kier molecular flexibility index (Phi) is 7.69. The number of amides is 1. The van der Waals surface area contributed by atoms with Gasteiger partial charge >= 0.3 is 5.97 Å². The van der Waals surface area contributed by atoms with Crippen molar-refractivity contribution in [3.8, 4) is 5.75 Å². The van der Waals surface area contributed by atoms with E-state index >= 15 is 0 Å². The summed E-state index contributed by atoms with van der Waals surface area (Å²) in [5.41, 5.74) is 4.21. The molecular weight excluding hydrogens is 414 g/mol. The molecule has 33 heavy (non-hydrogen) atoms. The first-order valence-electron chi connectivity index (χ1n) is 12.2. The minimum atomic E-state index is -0.0627. The molecular formula is C28H35NO4. The summed E-state index contributed by atoms with van der Waals surface area (Å²) in [7, 11) is 1.48. The summed E-state index contributed by atoms with van der Waals surface area (Å²) < 4.78 is 11.0. The van der Waals surface area contributed by atoms with Crippen molar-refractivity contribution in [2.24, 2.45) is 5.92 Å². The highest BCUT2D eigenvalue weighted by atomic mass is 16.5. The second-order valence-corrected chi connectivity index (χ2v) is 9.43. The van der Waals surface area contributed by atoms with Crippen molar-refractivity contribution in [2.75, 3.05) is 20.3 Å². The number of methoxy groups -OCH3 is 1. The normalized spacial score (nSPS) is 21.4. The van der Waals surface area contributed by atoms with Gasteiger partial charge in [-0.1, -0.05) is 36.4 Å². The van der Waals surface area contributed by atoms with Gasteiger partial charge in [0.15, 0.2) is 0 Å². The van der Waals surface area contributed by atoms with Crippen molar-refractivity contribution in [3.63, 3.8) is 0 Å². The van der Waals surface area contributed by atoms with Crippen molar-refractivity contribution < 1.29 is 19.1 Å². The Morgan fingerprint density at radius 3 is 2.61 bits per heavy atom. The number of carbonyl (C=O) groups excluding carboxylic acids is 2. The Morgan fingerprint density at radius 1 is 1.06 bits per heavy atom. The quantitative estimate of drug-likeness (QED) is 0.443. The van der Waals surface area contributed by atoms with Crippen LogP contribution in [-0.4, -0.2) is 32.1 Å². The van der Waals surface area contributed by atoms with E-state index in [1.807, 2.05) is 30.3 Å². The van der Waals surface area contributed by atoms with Gasteiger partial charge in [0.05, 0.1) is 19.6 Å². The van der Waals surface area contributed by atoms with Gasteiger partial charge < -0.3 is 14.8 Å². The molecule has 1 amide bonds. The fourth-order valence-electron chi connectivity index (χ4n) is 5.44. The molecule has 1 spiro atoms. The van der Waals surface area contributed by atoms with E-state index < -0.39 is 0 Å². The van der Waals surface area contributed by atoms with Gasteiger partial charge in [-0.2, -0.15) is 0 Å². The Bertz CT molecular complexity index is 948. The van der Waals surface area contributed by atoms with E-state index in [9.17, 15) is 9.59 Å². The monoisotopic (exact) mass is 449 g/mol. The maximum absolute atomic E-state index is 12.1. The maximum Gasteiger partial charge on any atom is 0.308 e. The van der Waals surface area contributed by atoms with E-state index in [0.717, 1.165) is 57.1 Å². The molecule has 2 aromatic rings. The number of carbonyl (C=O) groups is 2. The summed E-state index contributed by atoms with van der Waals surface area (Å²) >= 11 is 0. The molecule has 1 N–H and O–H groups in total. The molecule has 4 rings (SSSR count). The summed E-state index contributed by atoms with van der Waals surface area (Å²) in [6.07, 6.45) is 8.20. The third-order valence-corrected chi connectivity index (χ3v) is 7.40. The fraction of sp³-hybridized carbons (Fsp3) is 0.500. The third kappa shape index (κ3) is 5.76. The van der Waals surface area contributed by atoms with Crippen LogP contribution in [0.5, 0.6) is 5.75 Å². The summed E-state index contributed by atoms with van der Waals surface area (Å²) in [5.74, 6) is 0.973. The predicted molar refractivity (Wildman–Crippen MR) is 128 cm³/mol. The zero-order chi connectivity index (χ0) is 23.1. The molecule has 1 saturated carbocycles. The van der Waals surface area contributed by atoms with Crippen LogP contribution in [0.15, 0.2) is 48.5 Å². The molecule has 0 aromatic heterocycles. The van der Waals surface area contributed by atoms with E-state index in [4.69, 9.17) is 9.47 Å². The molecule has 0 saturated heterocycles. The number of fused-ring (bicyclic) bond motifs is 2. The second-order valence-electron chi connectivity index (χ2n) is 9.43. The molecule has 5 nitrogen and oxygen atoms in total. The predicted octanol–water partition coefficient (Wildman–Crippen LogP) is 4.75. The molecule has 0 aliphatic heterocycles. The van der Waals surface area contributed by atoms with Gasteiger partial charge in [0, 0.05) is 13.0 Å². The molecule has 2 aliphatic rings. The Morgan fingerprint density at radius 2 is 1.85 bits per heavy atom. The van der Waals surface area contributed by atoms with Crippen molar-refractivity contribution >= 4 is 11.9 Å². The third-order valence-electron chi connectivity index (χ3n) is 7.40. The van der Waals surface area contributed by atoms with Crippen LogP contribution in [0, 0.1) is 5.92 Å². The Labute approximate surface area is 196 Å². The number of esters is 1. The second kappa shape index (κ2) is 10.9. The molecule has 2 aliphatic carbocycles. The highest BCUT2D eigenvalue weighted by molar-refractivity contribution is 5.76. The average molecular weight is 450 g/mol. The zero-order valence-corrected chi connectivity index (χ0v) is 19.6. The van der Waals surface area contributed by atoms with Gasteiger partial charge in [0.25, 0.3) is 0 Å². The molecule has 0 radical (unpaired) electrons. The molecule has 0 unspecified atom stereocenters. The lowest BCUT2D eigenvalue weighted by Gasteiger charge is -2.37. The van der Waals surface area contributed by atoms with Crippen molar-refractivity contribution in [1.29, 1.82) is 0 Å². The standard InChI is InChI=1S/C28H35NO4/c1-32-27(31)23-13-16-28(17-14-23)15-12-22-9-10-24(20-25(22)28)33-19-5-18-29-26(30)11-8-21-6-3-2-4-7-21/h2-4,6-7,9-10,20,23H,5,8,11-19H2,1H3,(H,29,30). The number of nitrogens with one attached hydrogen (secondary N) is 1. The van der Waals surface area contributed by atoms with Crippen LogP contribution in [0.3, 0.4) is 0 Å². The molecule has 1 fully saturated rings. The minimum Gasteiger partial charge on any atom is -0.494 e. The van der Waals surface area contributed by atoms with Gasteiger partial charge in [-0.15, -0.1) is 0 Å². The van der Waals surface area contributed by atoms with Crippen LogP contribution in [0.2, 0.25) is 0 Å². The van der Waals surface area contributed by atoms with Gasteiger partial charge in [-0.25, -0.2) is 0 Å². The summed E-state index contributed by atoms with van der Waals surface area (Å²) in [4.78, 5) is 24.0. The van der Waals surface area contributed by atoms with Gasteiger partial charge in [0.2, 0.25) is 5.91 Å². The van der Waals surface area contributed by atoms with Crippen molar-refractivity contribution in [1.82, 2.24) is 5.32 Å². The number of rotatable bonds is 9. The number of hydrogen-bond donors (Lipinski definition) is 1. The first kappa shape index (κ1) is 23.3. The first-order chi connectivity index (χ1) is 16.1. The zero-order valence-electron chi connectivity index (χ0n) is 19.6. The summed E-state index contributed by atoms with van der Waals surface area (Å²) in [6.45, 7) is 1.20. The molecule has 0 atom stereocenters. The van der Waals surface area contributed by atoms with E-state index in [2.05, 4.69) is 23.5 Å². The van der Waals surface area contributed by atoms with Crippen LogP contribution >= 0.6 is 0 Å². The van der Waals surface area contributed by atoms with E-state index in [1.54, 1.807) is 0 Å². The highest BCUT2D eigenvalue weighted by Gasteiger charge is 2.43. The molecule has 0 bridgehead atoms. The number of aryl methyl sites for hydroxylation is 2. The summed E-state index contributed by atoms with van der Waals surface area (Å²) in [5, 5.41) is 2.99. The fourth-order valence-corrected chi connectivity index (χ4v) is 5.44. The lowest BCUT2D eigenvalue weighted by molar-refractivity contribution is -0.147. The smallest absolute Gasteiger partial charge is 0.308 e. The van der Waals surface area contributed by atoms with Crippen LogP contribution in [0.1, 0.15) is 61.6 Å². The largest absolute Gasteiger partial charge is 0.494 e. The van der Waals surface area contributed by atoms with Crippen molar-refractivity contribution in [2.45, 2.75) is 63.2 Å². The molecule has 2 aromatic carbocycles. The first-order valence-corrected chi connectivity index (χ1v) is 12.2. The Balaban J connectivity index is 1.21. The minimum absolute atomic E-state index is 0.0482. The van der Waals surface area contributed by atoms with Gasteiger partial charge in [-0.3, -0.25) is 9.59 Å². The lowest BCUT2D eigenvalue weighted by Crippen LogP contribution is -2.32. The van der Waals surface area contributed by atoms with E-state index in [1.165, 1.54) is 23.8 Å². The maximum atomic E-state index is 12.1. The number of ether oxygens (including phenoxy) is 2. The van der Waals surface area contributed by atoms with E-state index in [-0.39, 0.29) is 23.2 Å². The lowest BCUT2D eigenvalue weighted by atomic mass is 9.67. The van der Waals surface area contributed by atoms with Crippen LogP contribution in [0.4, 0.5) is 0 Å². The van der Waals surface area contributed by atoms with Gasteiger partial charge in [-0.05, 0) is 85.6 Å². The van der Waals surface area contributed by atoms with Gasteiger partial charge in [0.1, 0.15) is 5.75 Å². The molecule has 5 heteroatoms. The SMILES string of the molecule is COC(=O)C1CCC2(CCc3ccc(OCCCNC(=O)CCc4ccccc4)cc32)CC1. The van der Waals surface area contributed by atoms with Crippen LogP contribution < -0.4 is 10.1 Å². The highest BCUT2D eigenvalue weighted by Crippen LogP contribution is 2.50. The van der Waals surface area contributed by atoms with Crippen LogP contribution in [0.25, 0.3) is 0 Å². The molecule has 0 heterocycles.